The zero-order chi connectivity index (χ0) is 12.7. The number of hydrogen-bond acceptors (Lipinski definition) is 1. The van der Waals surface area contributed by atoms with Crippen molar-refractivity contribution in [3.63, 3.8) is 0 Å². The molecule has 0 saturated heterocycles. The van der Waals surface area contributed by atoms with Gasteiger partial charge in [0.1, 0.15) is 0 Å². The number of alkyl halides is 1. The minimum Gasteiger partial charge on any atom is -0.311 e. The quantitative estimate of drug-likeness (QED) is 0.581. The third kappa shape index (κ3) is 4.45. The molecule has 0 bridgehead atoms. The van der Waals surface area contributed by atoms with Crippen LogP contribution >= 0.6 is 11.6 Å². The average molecular weight is 250 g/mol. The number of halogens is 1. The Morgan fingerprint density at radius 2 is 2.24 bits per heavy atom. The average Bonchev–Trinajstić information content (AvgIpc) is 2.33. The van der Waals surface area contributed by atoms with Gasteiger partial charge < -0.3 is 4.57 Å². The van der Waals surface area contributed by atoms with E-state index < -0.39 is 0 Å². The molecule has 0 aromatic carbocycles. The molecule has 0 atom stereocenters. The van der Waals surface area contributed by atoms with Crippen molar-refractivity contribution in [2.45, 2.75) is 13.5 Å². The zero-order valence-corrected chi connectivity index (χ0v) is 10.7. The highest BCUT2D eigenvalue weighted by atomic mass is 35.5. The maximum absolute atomic E-state index is 11.5. The number of rotatable bonds is 5. The van der Waals surface area contributed by atoms with Crippen molar-refractivity contribution in [1.82, 2.24) is 4.57 Å². The third-order valence-corrected chi connectivity index (χ3v) is 2.63. The Kier molecular flexibility index (Phi) is 5.50. The van der Waals surface area contributed by atoms with Crippen LogP contribution in [0.5, 0.6) is 0 Å². The third-order valence-electron chi connectivity index (χ3n) is 2.32. The number of hydrogen-bond donors (Lipinski definition) is 0. The van der Waals surface area contributed by atoms with Crippen LogP contribution in [0.4, 0.5) is 0 Å². The Morgan fingerprint density at radius 3 is 2.82 bits per heavy atom. The van der Waals surface area contributed by atoms with Crippen molar-refractivity contribution < 1.29 is 0 Å². The number of allylic oxidation sites excluding steroid dienone is 5. The molecule has 1 aromatic rings. The summed E-state index contributed by atoms with van der Waals surface area (Å²) in [5, 5.41) is 0. The second kappa shape index (κ2) is 6.92. The van der Waals surface area contributed by atoms with Crippen LogP contribution in [0.3, 0.4) is 0 Å². The molecule has 0 unspecified atom stereocenters. The summed E-state index contributed by atoms with van der Waals surface area (Å²) >= 11 is 5.71. The van der Waals surface area contributed by atoms with Crippen LogP contribution in [0.15, 0.2) is 65.1 Å². The van der Waals surface area contributed by atoms with E-state index >= 15 is 0 Å². The fraction of sp³-hybridized carbons (Fsp3) is 0.214. The number of aromatic nitrogens is 1. The predicted molar refractivity (Wildman–Crippen MR) is 73.5 cm³/mol. The van der Waals surface area contributed by atoms with Crippen LogP contribution in [0.25, 0.3) is 0 Å². The molecule has 2 nitrogen and oxygen atoms in total. The topological polar surface area (TPSA) is 22.0 Å². The van der Waals surface area contributed by atoms with Crippen molar-refractivity contribution in [2.24, 2.45) is 0 Å². The van der Waals surface area contributed by atoms with Crippen LogP contribution < -0.4 is 5.56 Å². The number of nitrogens with zero attached hydrogens (tertiary/aromatic N) is 1. The molecule has 1 rings (SSSR count). The maximum atomic E-state index is 11.5. The summed E-state index contributed by atoms with van der Waals surface area (Å²) in [7, 11) is 0. The second-order valence-corrected chi connectivity index (χ2v) is 4.03. The van der Waals surface area contributed by atoms with Gasteiger partial charge in [-0.15, -0.1) is 11.6 Å². The van der Waals surface area contributed by atoms with Gasteiger partial charge >= 0.3 is 0 Å². The van der Waals surface area contributed by atoms with Crippen molar-refractivity contribution in [2.75, 3.05) is 5.88 Å². The van der Waals surface area contributed by atoms with Gasteiger partial charge in [0.05, 0.1) is 0 Å². The Balaban J connectivity index is 2.79. The Hall–Kier alpha value is -1.54. The first-order valence-corrected chi connectivity index (χ1v) is 5.91. The minimum atomic E-state index is 0.00511. The highest BCUT2D eigenvalue weighted by Crippen LogP contribution is 2.03. The largest absolute Gasteiger partial charge is 0.311 e. The summed E-state index contributed by atoms with van der Waals surface area (Å²) in [6.07, 6.45) is 7.38. The first kappa shape index (κ1) is 13.5. The fourth-order valence-electron chi connectivity index (χ4n) is 1.33. The molecule has 0 radical (unpaired) electrons. The van der Waals surface area contributed by atoms with Gasteiger partial charge in [0.2, 0.25) is 0 Å². The first-order valence-electron chi connectivity index (χ1n) is 5.37. The molecular weight excluding hydrogens is 234 g/mol. The summed E-state index contributed by atoms with van der Waals surface area (Å²) in [5.74, 6) is 0.443. The Labute approximate surface area is 107 Å². The molecule has 0 aliphatic carbocycles. The Bertz CT molecular complexity index is 497. The van der Waals surface area contributed by atoms with Crippen molar-refractivity contribution >= 4 is 11.6 Å². The zero-order valence-electron chi connectivity index (χ0n) is 9.90. The summed E-state index contributed by atoms with van der Waals surface area (Å²) < 4.78 is 1.66. The van der Waals surface area contributed by atoms with Crippen molar-refractivity contribution in [3.05, 3.63) is 70.7 Å². The predicted octanol–water partition coefficient (Wildman–Crippen LogP) is 3.15. The van der Waals surface area contributed by atoms with E-state index in [4.69, 9.17) is 11.6 Å². The van der Waals surface area contributed by atoms with Crippen LogP contribution in [0.1, 0.15) is 6.92 Å². The van der Waals surface area contributed by atoms with Gasteiger partial charge in [-0.25, -0.2) is 0 Å². The van der Waals surface area contributed by atoms with Gasteiger partial charge in [-0.1, -0.05) is 36.4 Å². The van der Waals surface area contributed by atoms with Crippen LogP contribution in [-0.2, 0) is 6.54 Å². The summed E-state index contributed by atoms with van der Waals surface area (Å²) in [5.41, 5.74) is 2.06. The van der Waals surface area contributed by atoms with E-state index in [1.165, 1.54) is 0 Å². The molecule has 0 fully saturated rings. The maximum Gasteiger partial charge on any atom is 0.250 e. The lowest BCUT2D eigenvalue weighted by Crippen LogP contribution is -2.18. The van der Waals surface area contributed by atoms with Crippen molar-refractivity contribution in [3.8, 4) is 0 Å². The van der Waals surface area contributed by atoms with Gasteiger partial charge in [-0.3, -0.25) is 4.79 Å². The van der Waals surface area contributed by atoms with Crippen LogP contribution in [0, 0.1) is 0 Å². The molecule has 3 heteroatoms. The van der Waals surface area contributed by atoms with Gasteiger partial charge in [0, 0.05) is 24.7 Å². The first-order chi connectivity index (χ1) is 8.17. The normalized spacial score (nSPS) is 12.6. The summed E-state index contributed by atoms with van der Waals surface area (Å²) in [6, 6.07) is 5.14. The van der Waals surface area contributed by atoms with E-state index in [0.29, 0.717) is 12.4 Å². The van der Waals surface area contributed by atoms with E-state index in [-0.39, 0.29) is 5.56 Å². The molecule has 90 valence electrons. The van der Waals surface area contributed by atoms with E-state index in [1.807, 2.05) is 25.1 Å². The molecule has 0 amide bonds. The smallest absolute Gasteiger partial charge is 0.250 e. The number of pyridine rings is 1. The molecule has 1 aromatic heterocycles. The van der Waals surface area contributed by atoms with Crippen LogP contribution in [-0.4, -0.2) is 10.4 Å². The van der Waals surface area contributed by atoms with E-state index in [2.05, 4.69) is 6.58 Å². The lowest BCUT2D eigenvalue weighted by Gasteiger charge is -2.04. The van der Waals surface area contributed by atoms with Gasteiger partial charge in [0.15, 0.2) is 0 Å². The molecule has 0 aliphatic rings. The van der Waals surface area contributed by atoms with Gasteiger partial charge in [-0.2, -0.15) is 0 Å². The monoisotopic (exact) mass is 249 g/mol. The fourth-order valence-corrected chi connectivity index (χ4v) is 1.53. The van der Waals surface area contributed by atoms with E-state index in [1.54, 1.807) is 29.0 Å². The van der Waals surface area contributed by atoms with Crippen molar-refractivity contribution in [1.29, 1.82) is 0 Å². The molecule has 0 aliphatic heterocycles. The molecule has 1 heterocycles. The van der Waals surface area contributed by atoms with Gasteiger partial charge in [-0.05, 0) is 18.6 Å². The Morgan fingerprint density at radius 1 is 1.47 bits per heavy atom. The van der Waals surface area contributed by atoms with Crippen LogP contribution in [0.2, 0.25) is 0 Å². The van der Waals surface area contributed by atoms with Gasteiger partial charge in [0.25, 0.3) is 5.56 Å². The van der Waals surface area contributed by atoms with E-state index in [9.17, 15) is 4.79 Å². The summed E-state index contributed by atoms with van der Waals surface area (Å²) in [4.78, 5) is 11.5. The molecule has 0 saturated carbocycles. The SMILES string of the molecule is C=C/C(=C\C=C(/C)Cn1ccccc1=O)CCl. The molecular formula is C14H16ClNO. The standard InChI is InChI=1S/C14H16ClNO/c1-3-13(10-15)8-7-12(2)11-16-9-5-4-6-14(16)17/h3-9H,1,10-11H2,2H3/b12-7+,13-8+. The summed E-state index contributed by atoms with van der Waals surface area (Å²) in [6.45, 7) is 6.23. The second-order valence-electron chi connectivity index (χ2n) is 3.76. The molecule has 0 spiro atoms. The highest BCUT2D eigenvalue weighted by Gasteiger charge is 1.94. The highest BCUT2D eigenvalue weighted by molar-refractivity contribution is 6.19. The molecule has 0 N–H and O–H groups in total. The molecule has 17 heavy (non-hydrogen) atoms. The minimum absolute atomic E-state index is 0.00511. The lowest BCUT2D eigenvalue weighted by atomic mass is 10.2. The lowest BCUT2D eigenvalue weighted by molar-refractivity contribution is 0.747. The van der Waals surface area contributed by atoms with E-state index in [0.717, 1.165) is 11.1 Å².